The van der Waals surface area contributed by atoms with E-state index >= 15 is 0 Å². The lowest BCUT2D eigenvalue weighted by atomic mass is 10.2. The molecule has 0 aliphatic rings. The molecule has 0 aliphatic heterocycles. The Labute approximate surface area is 108 Å². The number of hydrogen-bond acceptors (Lipinski definition) is 5. The van der Waals surface area contributed by atoms with Crippen LogP contribution in [0.25, 0.3) is 0 Å². The van der Waals surface area contributed by atoms with Gasteiger partial charge in [0.25, 0.3) is 0 Å². The third-order valence-corrected chi connectivity index (χ3v) is 2.40. The number of rotatable bonds is 6. The van der Waals surface area contributed by atoms with Gasteiger partial charge < -0.3 is 21.5 Å². The number of carbonyl (C=O) groups excluding carboxylic acids is 2. The molecule has 0 bridgehead atoms. The molecular weight excluding hydrogens is 254 g/mol. The van der Waals surface area contributed by atoms with E-state index < -0.39 is 17.8 Å². The van der Waals surface area contributed by atoms with E-state index in [0.717, 1.165) is 0 Å². The highest BCUT2D eigenvalue weighted by atomic mass is 16.4. The number of aromatic nitrogens is 2. The zero-order valence-corrected chi connectivity index (χ0v) is 10.6. The molecule has 1 aromatic rings. The van der Waals surface area contributed by atoms with Crippen LogP contribution in [-0.2, 0) is 16.6 Å². The number of carboxylic acid groups (broad SMARTS) is 1. The number of nitrogens with zero attached hydrogens (tertiary/aromatic N) is 3. The van der Waals surface area contributed by atoms with E-state index in [9.17, 15) is 14.4 Å². The van der Waals surface area contributed by atoms with Gasteiger partial charge in [-0.2, -0.15) is 5.10 Å². The Bertz CT molecular complexity index is 520. The van der Waals surface area contributed by atoms with Crippen molar-refractivity contribution in [1.29, 1.82) is 0 Å². The Balaban J connectivity index is 3.32. The van der Waals surface area contributed by atoms with Crippen LogP contribution < -0.4 is 16.4 Å². The van der Waals surface area contributed by atoms with Crippen molar-refractivity contribution in [3.63, 3.8) is 0 Å². The van der Waals surface area contributed by atoms with Crippen molar-refractivity contribution in [2.75, 3.05) is 18.0 Å². The zero-order valence-electron chi connectivity index (χ0n) is 10.6. The first kappa shape index (κ1) is 14.5. The molecule has 9 heteroatoms. The molecule has 0 saturated carbocycles. The second-order valence-corrected chi connectivity index (χ2v) is 4.00. The van der Waals surface area contributed by atoms with Gasteiger partial charge in [0.05, 0.1) is 18.8 Å². The number of nitrogens with two attached hydrogens (primary N) is 2. The number of anilines is 1. The standard InChI is InChI=1S/C10H15N5O4/c1-5-8(10(18)19)9(14(2)13-5)15(3-6(11)16)4-7(12)17/h3-4H2,1-2H3,(H2,11,16)(H2,12,17)(H,18,19). The van der Waals surface area contributed by atoms with Gasteiger partial charge in [0.15, 0.2) is 0 Å². The van der Waals surface area contributed by atoms with Crippen LogP contribution in [-0.4, -0.2) is 45.8 Å². The first-order chi connectivity index (χ1) is 8.73. The van der Waals surface area contributed by atoms with Crippen LogP contribution >= 0.6 is 0 Å². The van der Waals surface area contributed by atoms with Crippen LogP contribution in [0.3, 0.4) is 0 Å². The number of carbonyl (C=O) groups is 3. The molecule has 0 spiro atoms. The van der Waals surface area contributed by atoms with E-state index in [-0.39, 0.29) is 30.2 Å². The summed E-state index contributed by atoms with van der Waals surface area (Å²) in [6, 6.07) is 0. The minimum absolute atomic E-state index is 0.0926. The summed E-state index contributed by atoms with van der Waals surface area (Å²) >= 11 is 0. The Kier molecular flexibility index (Phi) is 4.10. The maximum Gasteiger partial charge on any atom is 0.341 e. The molecule has 0 aliphatic carbocycles. The maximum atomic E-state index is 11.2. The topological polar surface area (TPSA) is 145 Å². The van der Waals surface area contributed by atoms with Gasteiger partial charge in [-0.25, -0.2) is 4.79 Å². The van der Waals surface area contributed by atoms with Crippen molar-refractivity contribution in [3.8, 4) is 0 Å². The fourth-order valence-corrected chi connectivity index (χ4v) is 1.84. The number of amides is 2. The van der Waals surface area contributed by atoms with Crippen molar-refractivity contribution in [1.82, 2.24) is 9.78 Å². The van der Waals surface area contributed by atoms with Crippen molar-refractivity contribution in [2.24, 2.45) is 18.5 Å². The van der Waals surface area contributed by atoms with Crippen LogP contribution in [0.5, 0.6) is 0 Å². The minimum Gasteiger partial charge on any atom is -0.477 e. The second-order valence-electron chi connectivity index (χ2n) is 4.00. The van der Waals surface area contributed by atoms with E-state index in [0.29, 0.717) is 0 Å². The SMILES string of the molecule is Cc1nn(C)c(N(CC(N)=O)CC(N)=O)c1C(=O)O. The first-order valence-electron chi connectivity index (χ1n) is 5.32. The molecule has 19 heavy (non-hydrogen) atoms. The normalized spacial score (nSPS) is 10.2. The fraction of sp³-hybridized carbons (Fsp3) is 0.400. The van der Waals surface area contributed by atoms with E-state index in [4.69, 9.17) is 16.6 Å². The summed E-state index contributed by atoms with van der Waals surface area (Å²) in [5.41, 5.74) is 10.3. The molecule has 0 aromatic carbocycles. The predicted molar refractivity (Wildman–Crippen MR) is 65.5 cm³/mol. The van der Waals surface area contributed by atoms with Gasteiger partial charge in [0.1, 0.15) is 11.4 Å². The van der Waals surface area contributed by atoms with Gasteiger partial charge in [0.2, 0.25) is 11.8 Å². The molecule has 1 rings (SSSR count). The highest BCUT2D eigenvalue weighted by Gasteiger charge is 2.26. The van der Waals surface area contributed by atoms with Crippen LogP contribution in [0.2, 0.25) is 0 Å². The number of hydrogen-bond donors (Lipinski definition) is 3. The van der Waals surface area contributed by atoms with Gasteiger partial charge in [0, 0.05) is 7.05 Å². The Morgan fingerprint density at radius 1 is 1.26 bits per heavy atom. The Hall–Kier alpha value is -2.58. The number of aryl methyl sites for hydroxylation is 2. The highest BCUT2D eigenvalue weighted by Crippen LogP contribution is 2.22. The van der Waals surface area contributed by atoms with E-state index in [1.807, 2.05) is 0 Å². The first-order valence-corrected chi connectivity index (χ1v) is 5.32. The van der Waals surface area contributed by atoms with Gasteiger partial charge in [-0.3, -0.25) is 14.3 Å². The molecule has 0 saturated heterocycles. The lowest BCUT2D eigenvalue weighted by molar-refractivity contribution is -0.117. The molecule has 0 atom stereocenters. The van der Waals surface area contributed by atoms with Gasteiger partial charge >= 0.3 is 5.97 Å². The monoisotopic (exact) mass is 269 g/mol. The van der Waals surface area contributed by atoms with Crippen LogP contribution in [0.4, 0.5) is 5.82 Å². The lowest BCUT2D eigenvalue weighted by Crippen LogP contribution is -2.41. The molecule has 1 aromatic heterocycles. The number of carboxylic acids is 1. The van der Waals surface area contributed by atoms with Crippen molar-refractivity contribution >= 4 is 23.6 Å². The molecular formula is C10H15N5O4. The molecule has 0 fully saturated rings. The second kappa shape index (κ2) is 5.38. The van der Waals surface area contributed by atoms with Gasteiger partial charge in [-0.1, -0.05) is 0 Å². The molecule has 104 valence electrons. The average molecular weight is 269 g/mol. The lowest BCUT2D eigenvalue weighted by Gasteiger charge is -2.22. The number of primary amides is 2. The average Bonchev–Trinajstić information content (AvgIpc) is 2.50. The molecule has 0 unspecified atom stereocenters. The highest BCUT2D eigenvalue weighted by molar-refractivity contribution is 5.96. The molecule has 2 amide bonds. The van der Waals surface area contributed by atoms with Crippen LogP contribution in [0.15, 0.2) is 0 Å². The smallest absolute Gasteiger partial charge is 0.341 e. The summed E-state index contributed by atoms with van der Waals surface area (Å²) in [4.78, 5) is 34.4. The van der Waals surface area contributed by atoms with Crippen molar-refractivity contribution in [2.45, 2.75) is 6.92 Å². The summed E-state index contributed by atoms with van der Waals surface area (Å²) in [6.07, 6.45) is 0. The quantitative estimate of drug-likeness (QED) is 0.555. The summed E-state index contributed by atoms with van der Waals surface area (Å²) in [6.45, 7) is 0.851. The minimum atomic E-state index is -1.21. The molecule has 0 radical (unpaired) electrons. The maximum absolute atomic E-state index is 11.2. The van der Waals surface area contributed by atoms with Crippen molar-refractivity contribution < 1.29 is 19.5 Å². The fourth-order valence-electron chi connectivity index (χ4n) is 1.84. The summed E-state index contributed by atoms with van der Waals surface area (Å²) < 4.78 is 1.27. The predicted octanol–water partition coefficient (Wildman–Crippen LogP) is -1.80. The largest absolute Gasteiger partial charge is 0.477 e. The van der Waals surface area contributed by atoms with E-state index in [1.165, 1.54) is 23.6 Å². The Morgan fingerprint density at radius 2 is 1.74 bits per heavy atom. The van der Waals surface area contributed by atoms with Crippen molar-refractivity contribution in [3.05, 3.63) is 11.3 Å². The third kappa shape index (κ3) is 3.21. The van der Waals surface area contributed by atoms with E-state index in [2.05, 4.69) is 5.10 Å². The summed E-state index contributed by atoms with van der Waals surface area (Å²) in [5, 5.41) is 13.1. The summed E-state index contributed by atoms with van der Waals surface area (Å²) in [7, 11) is 1.50. The van der Waals surface area contributed by atoms with Crippen LogP contribution in [0.1, 0.15) is 16.1 Å². The molecule has 1 heterocycles. The van der Waals surface area contributed by atoms with Gasteiger partial charge in [-0.05, 0) is 6.92 Å². The third-order valence-electron chi connectivity index (χ3n) is 2.40. The number of aromatic carboxylic acids is 1. The molecule has 5 N–H and O–H groups in total. The van der Waals surface area contributed by atoms with Gasteiger partial charge in [-0.15, -0.1) is 0 Å². The Morgan fingerprint density at radius 3 is 2.11 bits per heavy atom. The van der Waals surface area contributed by atoms with Crippen LogP contribution in [0, 0.1) is 6.92 Å². The molecule has 9 nitrogen and oxygen atoms in total. The zero-order chi connectivity index (χ0) is 14.7. The summed E-state index contributed by atoms with van der Waals surface area (Å²) in [5.74, 6) is -2.52. The van der Waals surface area contributed by atoms with E-state index in [1.54, 1.807) is 0 Å².